The van der Waals surface area contributed by atoms with E-state index in [1.54, 1.807) is 7.11 Å². The number of aromatic nitrogens is 3. The van der Waals surface area contributed by atoms with E-state index in [0.29, 0.717) is 18.3 Å². The van der Waals surface area contributed by atoms with Crippen LogP contribution in [-0.2, 0) is 13.6 Å². The number of likely N-dealkylation sites (N-methyl/N-ethyl adjacent to an activating group) is 1. The number of benzene rings is 1. The van der Waals surface area contributed by atoms with Gasteiger partial charge in [0.25, 0.3) is 5.56 Å². The molecule has 8 heteroatoms. The van der Waals surface area contributed by atoms with Gasteiger partial charge in [0, 0.05) is 26.2 Å². The van der Waals surface area contributed by atoms with Crippen molar-refractivity contribution in [3.05, 3.63) is 50.7 Å². The summed E-state index contributed by atoms with van der Waals surface area (Å²) in [7, 11) is 5.26. The van der Waals surface area contributed by atoms with Gasteiger partial charge in [0.15, 0.2) is 0 Å². The number of anilines is 1. The maximum absolute atomic E-state index is 12.8. The average molecular weight is 385 g/mol. The molecule has 2 aliphatic heterocycles. The lowest BCUT2D eigenvalue weighted by atomic mass is 9.92. The molecule has 0 amide bonds. The molecule has 2 atom stereocenters. The lowest BCUT2D eigenvalue weighted by Crippen LogP contribution is -2.50. The minimum Gasteiger partial charge on any atom is -0.497 e. The Bertz CT molecular complexity index is 965. The molecule has 1 aromatic carbocycles. The molecule has 2 fully saturated rings. The zero-order valence-corrected chi connectivity index (χ0v) is 16.7. The van der Waals surface area contributed by atoms with Gasteiger partial charge in [-0.3, -0.25) is 9.36 Å². The second-order valence-electron chi connectivity index (χ2n) is 7.84. The third kappa shape index (κ3) is 3.32. The van der Waals surface area contributed by atoms with Crippen LogP contribution in [0.3, 0.4) is 0 Å². The van der Waals surface area contributed by atoms with E-state index in [-0.39, 0.29) is 11.6 Å². The number of nitrogens with zero attached hydrogens (tertiary/aromatic N) is 5. The first kappa shape index (κ1) is 18.7. The summed E-state index contributed by atoms with van der Waals surface area (Å²) in [6.45, 7) is 3.14. The Labute approximate surface area is 163 Å². The second kappa shape index (κ2) is 7.43. The van der Waals surface area contributed by atoms with Crippen LogP contribution in [0.5, 0.6) is 5.75 Å². The van der Waals surface area contributed by atoms with E-state index in [2.05, 4.69) is 21.9 Å². The third-order valence-corrected chi connectivity index (χ3v) is 6.05. The molecule has 2 saturated heterocycles. The van der Waals surface area contributed by atoms with Crippen molar-refractivity contribution in [2.45, 2.75) is 25.4 Å². The molecule has 2 aromatic rings. The predicted molar refractivity (Wildman–Crippen MR) is 107 cm³/mol. The minimum absolute atomic E-state index is 0.283. The SMILES string of the molecule is COc1ccc(Cn2nc(N3CCC4CCN(C)CC43)c(=O)n(C)c2=O)cc1. The maximum atomic E-state index is 12.8. The van der Waals surface area contributed by atoms with Gasteiger partial charge in [-0.25, -0.2) is 9.48 Å². The number of ether oxygens (including phenoxy) is 1. The van der Waals surface area contributed by atoms with Crippen molar-refractivity contribution in [2.75, 3.05) is 38.7 Å². The van der Waals surface area contributed by atoms with Gasteiger partial charge in [-0.05, 0) is 50.0 Å². The zero-order chi connectivity index (χ0) is 19.8. The van der Waals surface area contributed by atoms with Gasteiger partial charge in [-0.1, -0.05) is 12.1 Å². The largest absolute Gasteiger partial charge is 0.497 e. The number of hydrogen-bond donors (Lipinski definition) is 0. The summed E-state index contributed by atoms with van der Waals surface area (Å²) < 4.78 is 7.74. The van der Waals surface area contributed by atoms with Crippen LogP contribution in [0.25, 0.3) is 0 Å². The van der Waals surface area contributed by atoms with E-state index in [4.69, 9.17) is 4.74 Å². The van der Waals surface area contributed by atoms with Crippen LogP contribution in [0.15, 0.2) is 33.9 Å². The number of methoxy groups -OCH3 is 1. The third-order valence-electron chi connectivity index (χ3n) is 6.05. The van der Waals surface area contributed by atoms with E-state index >= 15 is 0 Å². The normalized spacial score (nSPS) is 22.3. The molecule has 0 radical (unpaired) electrons. The standard InChI is InChI=1S/C20H27N5O3/c1-22-10-8-15-9-11-24(17(15)13-22)18-19(26)23(2)20(27)25(21-18)12-14-4-6-16(28-3)7-5-14/h4-7,15,17H,8-13H2,1-3H3. The van der Waals surface area contributed by atoms with Crippen LogP contribution < -0.4 is 20.9 Å². The predicted octanol–water partition coefficient (Wildman–Crippen LogP) is 0.529. The van der Waals surface area contributed by atoms with Crippen LogP contribution in [0.2, 0.25) is 0 Å². The van der Waals surface area contributed by atoms with Gasteiger partial charge in [0.1, 0.15) is 5.75 Å². The fraction of sp³-hybridized carbons (Fsp3) is 0.550. The van der Waals surface area contributed by atoms with E-state index in [9.17, 15) is 9.59 Å². The first-order valence-electron chi connectivity index (χ1n) is 9.74. The van der Waals surface area contributed by atoms with Crippen LogP contribution in [0.1, 0.15) is 18.4 Å². The second-order valence-corrected chi connectivity index (χ2v) is 7.84. The summed E-state index contributed by atoms with van der Waals surface area (Å²) in [4.78, 5) is 29.9. The summed E-state index contributed by atoms with van der Waals surface area (Å²) >= 11 is 0. The van der Waals surface area contributed by atoms with Gasteiger partial charge in [-0.15, -0.1) is 5.10 Å². The molecule has 0 saturated carbocycles. The van der Waals surface area contributed by atoms with E-state index < -0.39 is 5.69 Å². The van der Waals surface area contributed by atoms with Crippen LogP contribution in [0, 0.1) is 5.92 Å². The summed E-state index contributed by atoms with van der Waals surface area (Å²) in [6.07, 6.45) is 2.21. The fourth-order valence-electron chi connectivity index (χ4n) is 4.36. The van der Waals surface area contributed by atoms with Gasteiger partial charge in [0.2, 0.25) is 5.82 Å². The number of likely N-dealkylation sites (tertiary alicyclic amines) is 1. The summed E-state index contributed by atoms with van der Waals surface area (Å²) in [6, 6.07) is 7.79. The van der Waals surface area contributed by atoms with Crippen LogP contribution in [0.4, 0.5) is 5.82 Å². The quantitative estimate of drug-likeness (QED) is 0.765. The Morgan fingerprint density at radius 1 is 1.11 bits per heavy atom. The zero-order valence-electron chi connectivity index (χ0n) is 16.7. The van der Waals surface area contributed by atoms with E-state index in [0.717, 1.165) is 43.8 Å². The number of piperidine rings is 1. The molecule has 28 heavy (non-hydrogen) atoms. The smallest absolute Gasteiger partial charge is 0.347 e. The molecule has 0 spiro atoms. The molecule has 3 heterocycles. The highest BCUT2D eigenvalue weighted by molar-refractivity contribution is 5.39. The summed E-state index contributed by atoms with van der Waals surface area (Å²) in [5.74, 6) is 1.73. The molecule has 4 rings (SSSR count). The summed E-state index contributed by atoms with van der Waals surface area (Å²) in [5.41, 5.74) is 0.211. The van der Waals surface area contributed by atoms with Crippen LogP contribution in [-0.4, -0.2) is 59.1 Å². The van der Waals surface area contributed by atoms with Gasteiger partial charge in [-0.2, -0.15) is 0 Å². The minimum atomic E-state index is -0.402. The molecule has 0 N–H and O–H groups in total. The molecule has 8 nitrogen and oxygen atoms in total. The van der Waals surface area contributed by atoms with Crippen molar-refractivity contribution in [2.24, 2.45) is 13.0 Å². The van der Waals surface area contributed by atoms with Crippen molar-refractivity contribution in [3.63, 3.8) is 0 Å². The molecule has 150 valence electrons. The van der Waals surface area contributed by atoms with Gasteiger partial charge >= 0.3 is 5.69 Å². The fourth-order valence-corrected chi connectivity index (χ4v) is 4.36. The average Bonchev–Trinajstić information content (AvgIpc) is 3.11. The highest BCUT2D eigenvalue weighted by Crippen LogP contribution is 2.32. The summed E-state index contributed by atoms with van der Waals surface area (Å²) in [5, 5.41) is 4.52. The first-order chi connectivity index (χ1) is 13.5. The Kier molecular flexibility index (Phi) is 4.97. The Morgan fingerprint density at radius 2 is 1.82 bits per heavy atom. The van der Waals surface area contributed by atoms with Crippen LogP contribution >= 0.6 is 0 Å². The molecule has 0 bridgehead atoms. The van der Waals surface area contributed by atoms with Gasteiger partial charge in [0.05, 0.1) is 13.7 Å². The van der Waals surface area contributed by atoms with E-state index in [1.807, 2.05) is 24.3 Å². The van der Waals surface area contributed by atoms with Crippen molar-refractivity contribution in [1.82, 2.24) is 19.2 Å². The van der Waals surface area contributed by atoms with Crippen molar-refractivity contribution in [3.8, 4) is 5.75 Å². The highest BCUT2D eigenvalue weighted by atomic mass is 16.5. The Morgan fingerprint density at radius 3 is 2.54 bits per heavy atom. The molecule has 1 aromatic heterocycles. The molecule has 0 aliphatic carbocycles. The molecule has 2 aliphatic rings. The Balaban J connectivity index is 1.68. The molecule has 2 unspecified atom stereocenters. The van der Waals surface area contributed by atoms with E-state index in [1.165, 1.54) is 16.3 Å². The molecular formula is C20H27N5O3. The maximum Gasteiger partial charge on any atom is 0.347 e. The number of hydrogen-bond acceptors (Lipinski definition) is 6. The lowest BCUT2D eigenvalue weighted by Gasteiger charge is -2.36. The monoisotopic (exact) mass is 385 g/mol. The highest BCUT2D eigenvalue weighted by Gasteiger charge is 2.39. The lowest BCUT2D eigenvalue weighted by molar-refractivity contribution is 0.207. The molecular weight excluding hydrogens is 358 g/mol. The van der Waals surface area contributed by atoms with Gasteiger partial charge < -0.3 is 14.5 Å². The van der Waals surface area contributed by atoms with Crippen molar-refractivity contribution in [1.29, 1.82) is 0 Å². The first-order valence-corrected chi connectivity index (χ1v) is 9.74. The Hall–Kier alpha value is -2.61. The van der Waals surface area contributed by atoms with Crippen molar-refractivity contribution >= 4 is 5.82 Å². The number of rotatable bonds is 4. The van der Waals surface area contributed by atoms with Crippen molar-refractivity contribution < 1.29 is 4.74 Å². The topological polar surface area (TPSA) is 72.6 Å². The number of fused-ring (bicyclic) bond motifs is 1.